The van der Waals surface area contributed by atoms with Gasteiger partial charge in [0.25, 0.3) is 5.91 Å². The van der Waals surface area contributed by atoms with Crippen LogP contribution in [0.15, 0.2) is 36.5 Å². The van der Waals surface area contributed by atoms with Crippen LogP contribution >= 0.6 is 0 Å². The van der Waals surface area contributed by atoms with E-state index < -0.39 is 12.0 Å². The van der Waals surface area contributed by atoms with Crippen molar-refractivity contribution >= 4 is 34.9 Å². The summed E-state index contributed by atoms with van der Waals surface area (Å²) in [5.74, 6) is 0.127. The highest BCUT2D eigenvalue weighted by Crippen LogP contribution is 2.38. The molecule has 14 heteroatoms. The summed E-state index contributed by atoms with van der Waals surface area (Å²) in [6, 6.07) is 7.93. The van der Waals surface area contributed by atoms with Gasteiger partial charge in [0.1, 0.15) is 30.2 Å². The van der Waals surface area contributed by atoms with E-state index in [0.717, 1.165) is 5.56 Å². The predicted octanol–water partition coefficient (Wildman–Crippen LogP) is 2.57. The zero-order chi connectivity index (χ0) is 29.1. The SMILES string of the molecule is CCn1nc(C)cc1C(=O)Nc1nc2cc(C(N)=O)cc3c2n1[C@@H](CCNC(=O)OCc1ccnc(OC)c1)CO3. The molecule has 0 fully saturated rings. The maximum atomic E-state index is 13.3. The van der Waals surface area contributed by atoms with Crippen LogP contribution in [-0.2, 0) is 17.9 Å². The Labute approximate surface area is 234 Å². The summed E-state index contributed by atoms with van der Waals surface area (Å²) in [7, 11) is 1.51. The predicted molar refractivity (Wildman–Crippen MR) is 147 cm³/mol. The number of imidazole rings is 1. The first-order valence-corrected chi connectivity index (χ1v) is 13.0. The van der Waals surface area contributed by atoms with Crippen molar-refractivity contribution in [3.05, 3.63) is 59.0 Å². The van der Waals surface area contributed by atoms with E-state index in [1.165, 1.54) is 7.11 Å². The number of nitrogens with one attached hydrogen (secondary N) is 2. The normalized spacial score (nSPS) is 13.9. The number of amides is 3. The Morgan fingerprint density at radius 1 is 1.22 bits per heavy atom. The van der Waals surface area contributed by atoms with Crippen molar-refractivity contribution in [2.24, 2.45) is 5.73 Å². The molecule has 5 rings (SSSR count). The van der Waals surface area contributed by atoms with Gasteiger partial charge in [0.05, 0.1) is 24.4 Å². The zero-order valence-electron chi connectivity index (χ0n) is 22.8. The van der Waals surface area contributed by atoms with Crippen LogP contribution in [0.3, 0.4) is 0 Å². The fourth-order valence-electron chi connectivity index (χ4n) is 4.69. The van der Waals surface area contributed by atoms with Crippen LogP contribution in [0, 0.1) is 6.92 Å². The number of nitrogens with zero attached hydrogens (tertiary/aromatic N) is 5. The smallest absolute Gasteiger partial charge is 0.407 e. The first kappa shape index (κ1) is 27.4. The molecule has 1 atom stereocenters. The number of rotatable bonds is 10. The molecule has 0 radical (unpaired) electrons. The number of anilines is 1. The molecule has 0 saturated heterocycles. The van der Waals surface area contributed by atoms with Gasteiger partial charge < -0.3 is 29.8 Å². The molecule has 1 aromatic carbocycles. The number of methoxy groups -OCH3 is 1. The first-order valence-electron chi connectivity index (χ1n) is 13.0. The van der Waals surface area contributed by atoms with Crippen molar-refractivity contribution in [3.63, 3.8) is 0 Å². The molecule has 4 aromatic rings. The first-order chi connectivity index (χ1) is 19.8. The Morgan fingerprint density at radius 3 is 2.80 bits per heavy atom. The molecule has 1 aliphatic heterocycles. The number of hydrogen-bond acceptors (Lipinski definition) is 9. The number of nitrogens with two attached hydrogens (primary N) is 1. The molecule has 0 spiro atoms. The third kappa shape index (κ3) is 5.76. The monoisotopic (exact) mass is 562 g/mol. The molecule has 41 heavy (non-hydrogen) atoms. The molecule has 3 amide bonds. The van der Waals surface area contributed by atoms with Gasteiger partial charge in [-0.3, -0.25) is 19.6 Å². The van der Waals surface area contributed by atoms with Crippen LogP contribution in [0.25, 0.3) is 11.0 Å². The summed E-state index contributed by atoms with van der Waals surface area (Å²) in [5.41, 5.74) is 8.64. The van der Waals surface area contributed by atoms with Gasteiger partial charge in [0.15, 0.2) is 0 Å². The van der Waals surface area contributed by atoms with Crippen molar-refractivity contribution in [1.29, 1.82) is 0 Å². The zero-order valence-corrected chi connectivity index (χ0v) is 22.8. The molecule has 1 aliphatic rings. The minimum Gasteiger partial charge on any atom is -0.489 e. The second kappa shape index (κ2) is 11.5. The van der Waals surface area contributed by atoms with Crippen molar-refractivity contribution < 1.29 is 28.6 Å². The number of carbonyl (C=O) groups is 3. The second-order valence-corrected chi connectivity index (χ2v) is 9.42. The van der Waals surface area contributed by atoms with Crippen LogP contribution in [0.1, 0.15) is 51.5 Å². The quantitative estimate of drug-likeness (QED) is 0.262. The van der Waals surface area contributed by atoms with Gasteiger partial charge in [0, 0.05) is 30.9 Å². The fourth-order valence-corrected chi connectivity index (χ4v) is 4.69. The minimum atomic E-state index is -0.621. The number of aryl methyl sites for hydroxylation is 2. The Balaban J connectivity index is 1.33. The molecule has 14 nitrogen and oxygen atoms in total. The van der Waals surface area contributed by atoms with E-state index in [0.29, 0.717) is 47.0 Å². The number of benzene rings is 1. The number of alkyl carbamates (subject to hydrolysis) is 1. The van der Waals surface area contributed by atoms with Gasteiger partial charge in [0.2, 0.25) is 17.7 Å². The third-order valence-electron chi connectivity index (χ3n) is 6.62. The highest BCUT2D eigenvalue weighted by molar-refractivity contribution is 6.04. The Hall–Kier alpha value is -5.14. The van der Waals surface area contributed by atoms with E-state index in [1.807, 2.05) is 18.4 Å². The Kier molecular flexibility index (Phi) is 7.72. The van der Waals surface area contributed by atoms with Crippen LogP contribution in [0.5, 0.6) is 11.6 Å². The summed E-state index contributed by atoms with van der Waals surface area (Å²) in [6.45, 7) is 4.76. The molecule has 3 aromatic heterocycles. The van der Waals surface area contributed by atoms with Crippen LogP contribution < -0.4 is 25.8 Å². The lowest BCUT2D eigenvalue weighted by molar-refractivity contribution is 0.0995. The second-order valence-electron chi connectivity index (χ2n) is 9.42. The highest BCUT2D eigenvalue weighted by Gasteiger charge is 2.29. The van der Waals surface area contributed by atoms with Gasteiger partial charge in [-0.05, 0) is 50.1 Å². The maximum absolute atomic E-state index is 13.3. The van der Waals surface area contributed by atoms with Gasteiger partial charge in [-0.1, -0.05) is 0 Å². The lowest BCUT2D eigenvalue weighted by atomic mass is 10.1. The summed E-state index contributed by atoms with van der Waals surface area (Å²) in [6.07, 6.45) is 1.43. The van der Waals surface area contributed by atoms with Crippen LogP contribution in [-0.4, -0.2) is 62.5 Å². The Morgan fingerprint density at radius 2 is 2.05 bits per heavy atom. The van der Waals surface area contributed by atoms with Gasteiger partial charge in [-0.25, -0.2) is 14.8 Å². The number of carbonyl (C=O) groups excluding carboxylic acids is 3. The molecule has 4 heterocycles. The van der Waals surface area contributed by atoms with E-state index in [4.69, 9.17) is 19.9 Å². The van der Waals surface area contributed by atoms with E-state index >= 15 is 0 Å². The molecular weight excluding hydrogens is 532 g/mol. The van der Waals surface area contributed by atoms with Crippen LogP contribution in [0.4, 0.5) is 10.7 Å². The van der Waals surface area contributed by atoms with Crippen molar-refractivity contribution in [2.45, 2.75) is 39.5 Å². The molecule has 0 saturated carbocycles. The maximum Gasteiger partial charge on any atom is 0.407 e. The lowest BCUT2D eigenvalue weighted by Gasteiger charge is -2.27. The highest BCUT2D eigenvalue weighted by atomic mass is 16.5. The van der Waals surface area contributed by atoms with Gasteiger partial charge >= 0.3 is 6.09 Å². The number of pyridine rings is 1. The Bertz CT molecular complexity index is 1630. The molecular formula is C27H30N8O6. The minimum absolute atomic E-state index is 0.0545. The van der Waals surface area contributed by atoms with Crippen LogP contribution in [0.2, 0.25) is 0 Å². The summed E-state index contributed by atoms with van der Waals surface area (Å²) in [5, 5.41) is 9.99. The van der Waals surface area contributed by atoms with E-state index in [2.05, 4.69) is 25.7 Å². The average Bonchev–Trinajstić information content (AvgIpc) is 3.53. The number of hydrogen-bond donors (Lipinski definition) is 3. The molecule has 0 bridgehead atoms. The number of aromatic nitrogens is 5. The average molecular weight is 563 g/mol. The molecule has 0 unspecified atom stereocenters. The topological polar surface area (TPSA) is 178 Å². The van der Waals surface area contributed by atoms with Gasteiger partial charge in [-0.15, -0.1) is 0 Å². The molecule has 214 valence electrons. The number of primary amides is 1. The number of ether oxygens (including phenoxy) is 3. The molecule has 0 aliphatic carbocycles. The van der Waals surface area contributed by atoms with E-state index in [1.54, 1.807) is 41.2 Å². The fraction of sp³-hybridized carbons (Fsp3) is 0.333. The van der Waals surface area contributed by atoms with Crippen molar-refractivity contribution in [2.75, 3.05) is 25.6 Å². The van der Waals surface area contributed by atoms with E-state index in [-0.39, 0.29) is 43.2 Å². The summed E-state index contributed by atoms with van der Waals surface area (Å²) in [4.78, 5) is 46.1. The van der Waals surface area contributed by atoms with Crippen molar-refractivity contribution in [1.82, 2.24) is 29.6 Å². The third-order valence-corrected chi connectivity index (χ3v) is 6.62. The van der Waals surface area contributed by atoms with Gasteiger partial charge in [-0.2, -0.15) is 5.10 Å². The van der Waals surface area contributed by atoms with E-state index in [9.17, 15) is 14.4 Å². The largest absolute Gasteiger partial charge is 0.489 e. The lowest BCUT2D eigenvalue weighted by Crippen LogP contribution is -2.31. The standard InChI is InChI=1S/C27H30N8O6/c1-4-34-20(9-15(2)33-34)25(37)32-26-31-19-11-17(24(28)36)12-21-23(19)35(26)18(14-40-21)6-8-30-27(38)41-13-16-5-7-29-22(10-16)39-3/h5,7,9-12,18H,4,6,8,13-14H2,1-3H3,(H2,28,36)(H,30,38)(H,31,32,37)/t18-/m0/s1. The molecule has 4 N–H and O–H groups in total. The summed E-state index contributed by atoms with van der Waals surface area (Å²) < 4.78 is 19.8. The van der Waals surface area contributed by atoms with Crippen molar-refractivity contribution in [3.8, 4) is 11.6 Å². The summed E-state index contributed by atoms with van der Waals surface area (Å²) >= 11 is 0.